The van der Waals surface area contributed by atoms with Crippen molar-refractivity contribution in [1.82, 2.24) is 9.78 Å². The summed E-state index contributed by atoms with van der Waals surface area (Å²) in [5.74, 6) is -0.313. The molecule has 0 aliphatic rings. The molecule has 0 aliphatic heterocycles. The number of hydrogen-bond acceptors (Lipinski definition) is 7. The Morgan fingerprint density at radius 1 is 1.32 bits per heavy atom. The van der Waals surface area contributed by atoms with Crippen molar-refractivity contribution in [3.8, 4) is 10.8 Å². The molecular formula is C14H14N2O4S2. The third-order valence-corrected chi connectivity index (χ3v) is 4.56. The van der Waals surface area contributed by atoms with Gasteiger partial charge in [0.2, 0.25) is 0 Å². The fourth-order valence-corrected chi connectivity index (χ4v) is 3.15. The van der Waals surface area contributed by atoms with Crippen molar-refractivity contribution in [3.05, 3.63) is 50.5 Å². The Morgan fingerprint density at radius 2 is 2.14 bits per heavy atom. The molecule has 0 radical (unpaired) electrons. The molecule has 0 bridgehead atoms. The van der Waals surface area contributed by atoms with Crippen LogP contribution in [0, 0.1) is 0 Å². The Bertz CT molecular complexity index is 746. The van der Waals surface area contributed by atoms with E-state index in [9.17, 15) is 9.90 Å². The first-order valence-electron chi connectivity index (χ1n) is 6.62. The molecule has 0 saturated heterocycles. The molecule has 0 saturated carbocycles. The maximum absolute atomic E-state index is 11.7. The van der Waals surface area contributed by atoms with Crippen LogP contribution in [0.3, 0.4) is 0 Å². The summed E-state index contributed by atoms with van der Waals surface area (Å²) in [5, 5.41) is 17.9. The lowest BCUT2D eigenvalue weighted by Crippen LogP contribution is -2.27. The fraction of sp³-hybridized carbons (Fsp3) is 0.286. The lowest BCUT2D eigenvalue weighted by atomic mass is 10.4. The largest absolute Gasteiger partial charge is 0.437 e. The van der Waals surface area contributed by atoms with Crippen LogP contribution < -0.4 is 5.76 Å². The molecule has 6 nitrogen and oxygen atoms in total. The Morgan fingerprint density at radius 3 is 2.86 bits per heavy atom. The molecule has 116 valence electrons. The van der Waals surface area contributed by atoms with Gasteiger partial charge >= 0.3 is 5.76 Å². The summed E-state index contributed by atoms with van der Waals surface area (Å²) in [6.45, 7) is 0.618. The van der Waals surface area contributed by atoms with Crippen molar-refractivity contribution in [2.24, 2.45) is 0 Å². The van der Waals surface area contributed by atoms with E-state index in [4.69, 9.17) is 9.15 Å². The minimum absolute atomic E-state index is 0.0398. The van der Waals surface area contributed by atoms with Gasteiger partial charge in [0.05, 0.1) is 30.7 Å². The predicted molar refractivity (Wildman–Crippen MR) is 84.1 cm³/mol. The van der Waals surface area contributed by atoms with Gasteiger partial charge in [0.1, 0.15) is 0 Å². The van der Waals surface area contributed by atoms with Crippen molar-refractivity contribution in [2.75, 3.05) is 6.61 Å². The molecule has 3 heterocycles. The van der Waals surface area contributed by atoms with Crippen molar-refractivity contribution in [3.63, 3.8) is 0 Å². The van der Waals surface area contributed by atoms with Crippen LogP contribution in [0.15, 0.2) is 44.2 Å². The summed E-state index contributed by atoms with van der Waals surface area (Å²) in [6, 6.07) is 7.58. The van der Waals surface area contributed by atoms with E-state index in [0.29, 0.717) is 6.61 Å². The predicted octanol–water partition coefficient (Wildman–Crippen LogP) is 2.20. The van der Waals surface area contributed by atoms with Crippen LogP contribution in [-0.2, 0) is 17.9 Å². The van der Waals surface area contributed by atoms with E-state index in [1.54, 1.807) is 11.3 Å². The zero-order chi connectivity index (χ0) is 15.4. The SMILES string of the molecule is O=c1oc(-c2cccs2)nn1CC(O)COCc1cccs1. The van der Waals surface area contributed by atoms with Crippen molar-refractivity contribution >= 4 is 22.7 Å². The van der Waals surface area contributed by atoms with Gasteiger partial charge in [-0.15, -0.1) is 27.8 Å². The molecule has 1 unspecified atom stereocenters. The summed E-state index contributed by atoms with van der Waals surface area (Å²) < 4.78 is 11.6. The summed E-state index contributed by atoms with van der Waals surface area (Å²) in [5.41, 5.74) is 0. The molecular weight excluding hydrogens is 324 g/mol. The van der Waals surface area contributed by atoms with E-state index in [1.165, 1.54) is 11.3 Å². The highest BCUT2D eigenvalue weighted by Crippen LogP contribution is 2.21. The molecule has 0 spiro atoms. The van der Waals surface area contributed by atoms with E-state index in [1.807, 2.05) is 35.0 Å². The second kappa shape index (κ2) is 7.01. The van der Waals surface area contributed by atoms with Crippen LogP contribution in [0.2, 0.25) is 0 Å². The third kappa shape index (κ3) is 3.72. The number of aliphatic hydroxyl groups excluding tert-OH is 1. The molecule has 1 N–H and O–H groups in total. The van der Waals surface area contributed by atoms with Gasteiger partial charge in [-0.2, -0.15) is 4.68 Å². The van der Waals surface area contributed by atoms with Gasteiger partial charge in [-0.3, -0.25) is 0 Å². The first-order valence-corrected chi connectivity index (χ1v) is 8.38. The highest BCUT2D eigenvalue weighted by Gasteiger charge is 2.14. The Hall–Kier alpha value is -1.74. The zero-order valence-electron chi connectivity index (χ0n) is 11.5. The van der Waals surface area contributed by atoms with Gasteiger partial charge in [-0.1, -0.05) is 12.1 Å². The summed E-state index contributed by atoms with van der Waals surface area (Å²) in [6.07, 6.45) is -0.820. The van der Waals surface area contributed by atoms with E-state index in [-0.39, 0.29) is 19.0 Å². The molecule has 0 aromatic carbocycles. The number of aliphatic hydroxyl groups is 1. The fourth-order valence-electron chi connectivity index (χ4n) is 1.86. The maximum atomic E-state index is 11.7. The number of rotatable bonds is 7. The number of aromatic nitrogens is 2. The van der Waals surface area contributed by atoms with Crippen LogP contribution in [0.1, 0.15) is 4.88 Å². The van der Waals surface area contributed by atoms with Gasteiger partial charge < -0.3 is 14.3 Å². The Kier molecular flexibility index (Phi) is 4.84. The zero-order valence-corrected chi connectivity index (χ0v) is 13.2. The number of thiophene rings is 2. The van der Waals surface area contributed by atoms with E-state index < -0.39 is 11.9 Å². The second-order valence-electron chi connectivity index (χ2n) is 4.58. The van der Waals surface area contributed by atoms with Crippen LogP contribution >= 0.6 is 22.7 Å². The average Bonchev–Trinajstić information content (AvgIpc) is 3.21. The number of hydrogen-bond donors (Lipinski definition) is 1. The molecule has 0 amide bonds. The minimum atomic E-state index is -0.820. The lowest BCUT2D eigenvalue weighted by molar-refractivity contribution is 0.0187. The molecule has 0 aliphatic carbocycles. The van der Waals surface area contributed by atoms with Crippen LogP contribution in [0.4, 0.5) is 0 Å². The molecule has 0 fully saturated rings. The highest BCUT2D eigenvalue weighted by atomic mass is 32.1. The molecule has 3 rings (SSSR count). The maximum Gasteiger partial charge on any atom is 0.437 e. The summed E-state index contributed by atoms with van der Waals surface area (Å²) >= 11 is 3.03. The Balaban J connectivity index is 1.55. The lowest BCUT2D eigenvalue weighted by Gasteiger charge is -2.09. The van der Waals surface area contributed by atoms with Gasteiger partial charge in [-0.05, 0) is 22.9 Å². The van der Waals surface area contributed by atoms with Crippen LogP contribution in [-0.4, -0.2) is 27.6 Å². The third-order valence-electron chi connectivity index (χ3n) is 2.86. The van der Waals surface area contributed by atoms with Gasteiger partial charge in [0, 0.05) is 4.88 Å². The van der Waals surface area contributed by atoms with Crippen LogP contribution in [0.25, 0.3) is 10.8 Å². The van der Waals surface area contributed by atoms with Crippen LogP contribution in [0.5, 0.6) is 0 Å². The van der Waals surface area contributed by atoms with E-state index in [2.05, 4.69) is 5.10 Å². The van der Waals surface area contributed by atoms with E-state index >= 15 is 0 Å². The number of ether oxygens (including phenoxy) is 1. The Labute approximate surface area is 134 Å². The van der Waals surface area contributed by atoms with E-state index in [0.717, 1.165) is 14.4 Å². The smallest absolute Gasteiger partial charge is 0.389 e. The summed E-state index contributed by atoms with van der Waals surface area (Å²) in [7, 11) is 0. The van der Waals surface area contributed by atoms with Gasteiger partial charge in [0.15, 0.2) is 0 Å². The normalized spacial score (nSPS) is 12.6. The standard InChI is InChI=1S/C14H14N2O4S2/c17-10(8-19-9-11-3-1-5-21-11)7-16-14(18)20-13(15-16)12-4-2-6-22-12/h1-6,10,17H,7-9H2. The first kappa shape index (κ1) is 15.2. The van der Waals surface area contributed by atoms with Crippen molar-refractivity contribution < 1.29 is 14.3 Å². The molecule has 8 heteroatoms. The first-order chi connectivity index (χ1) is 10.7. The van der Waals surface area contributed by atoms with Crippen molar-refractivity contribution in [1.29, 1.82) is 0 Å². The molecule has 22 heavy (non-hydrogen) atoms. The monoisotopic (exact) mass is 338 g/mol. The van der Waals surface area contributed by atoms with Gasteiger partial charge in [-0.25, -0.2) is 4.79 Å². The quantitative estimate of drug-likeness (QED) is 0.715. The second-order valence-corrected chi connectivity index (χ2v) is 6.56. The highest BCUT2D eigenvalue weighted by molar-refractivity contribution is 7.13. The van der Waals surface area contributed by atoms with Crippen molar-refractivity contribution in [2.45, 2.75) is 19.3 Å². The topological polar surface area (TPSA) is 77.5 Å². The average molecular weight is 338 g/mol. The molecule has 3 aromatic rings. The molecule has 1 atom stereocenters. The molecule has 3 aromatic heterocycles. The van der Waals surface area contributed by atoms with Gasteiger partial charge in [0.25, 0.3) is 5.89 Å². The number of nitrogens with zero attached hydrogens (tertiary/aromatic N) is 2. The summed E-state index contributed by atoms with van der Waals surface area (Å²) in [4.78, 5) is 13.6. The minimum Gasteiger partial charge on any atom is -0.389 e.